The molecule has 2 aromatic heterocycles. The minimum atomic E-state index is -0.333. The van der Waals surface area contributed by atoms with Crippen molar-refractivity contribution in [3.05, 3.63) is 126 Å². The van der Waals surface area contributed by atoms with Crippen molar-refractivity contribution in [2.75, 3.05) is 12.4 Å². The molecule has 37 heavy (non-hydrogen) atoms. The zero-order valence-corrected chi connectivity index (χ0v) is 20.7. The summed E-state index contributed by atoms with van der Waals surface area (Å²) in [4.78, 5) is 15.8. The van der Waals surface area contributed by atoms with Gasteiger partial charge in [-0.3, -0.25) is 0 Å². The molecule has 0 aliphatic carbocycles. The lowest BCUT2D eigenvalue weighted by Gasteiger charge is -2.31. The number of rotatable bonds is 4. The molecule has 3 heterocycles. The van der Waals surface area contributed by atoms with Crippen LogP contribution in [0.3, 0.4) is 0 Å². The van der Waals surface area contributed by atoms with E-state index in [0.717, 1.165) is 45.5 Å². The predicted octanol–water partition coefficient (Wildman–Crippen LogP) is 6.12. The van der Waals surface area contributed by atoms with Crippen LogP contribution in [0.2, 0.25) is 0 Å². The van der Waals surface area contributed by atoms with E-state index in [9.17, 15) is 4.79 Å². The van der Waals surface area contributed by atoms with Gasteiger partial charge in [0.1, 0.15) is 11.6 Å². The molecule has 0 unspecified atom stereocenters. The maximum absolute atomic E-state index is 13.9. The number of aryl methyl sites for hydroxylation is 1. The molecule has 6 rings (SSSR count). The Balaban J connectivity index is 1.53. The van der Waals surface area contributed by atoms with E-state index in [1.165, 1.54) is 0 Å². The largest absolute Gasteiger partial charge is 0.497 e. The fraction of sp³-hybridized carbons (Fsp3) is 0.133. The lowest BCUT2D eigenvalue weighted by molar-refractivity contribution is 0.194. The number of nitrogens with one attached hydrogen (secondary N) is 1. The fourth-order valence-electron chi connectivity index (χ4n) is 5.00. The van der Waals surface area contributed by atoms with Gasteiger partial charge in [-0.2, -0.15) is 5.10 Å². The van der Waals surface area contributed by atoms with Gasteiger partial charge in [0, 0.05) is 17.4 Å². The first-order valence-electron chi connectivity index (χ1n) is 12.2. The zero-order chi connectivity index (χ0) is 25.4. The number of amides is 2. The first-order valence-corrected chi connectivity index (χ1v) is 12.2. The third kappa shape index (κ3) is 4.04. The molecule has 7 heteroatoms. The first-order chi connectivity index (χ1) is 18.1. The standard InChI is InChI=1S/C30H27N5O2/c1-21-26-20-34(30(36)31-23-10-5-3-6-11-23)28(22-15-17-25(37-2)18-16-22)27-14-9-19-33(27)29(26)35(32-21)24-12-7-4-8-13-24/h3-19,28H,20H2,1-2H3,(H,31,36)/t28-/m1/s1. The second-order valence-corrected chi connectivity index (χ2v) is 9.04. The number of para-hydroxylation sites is 2. The van der Waals surface area contributed by atoms with Crippen LogP contribution in [0.4, 0.5) is 10.5 Å². The van der Waals surface area contributed by atoms with Crippen molar-refractivity contribution in [1.29, 1.82) is 0 Å². The molecule has 7 nitrogen and oxygen atoms in total. The average Bonchev–Trinajstić information content (AvgIpc) is 3.50. The van der Waals surface area contributed by atoms with Gasteiger partial charge in [0.05, 0.1) is 36.8 Å². The molecule has 1 aliphatic heterocycles. The molecule has 0 saturated carbocycles. The van der Waals surface area contributed by atoms with E-state index in [1.54, 1.807) is 7.11 Å². The zero-order valence-electron chi connectivity index (χ0n) is 20.7. The van der Waals surface area contributed by atoms with Crippen molar-refractivity contribution in [2.45, 2.75) is 19.5 Å². The molecule has 184 valence electrons. The lowest BCUT2D eigenvalue weighted by atomic mass is 10.0. The van der Waals surface area contributed by atoms with E-state index in [0.29, 0.717) is 6.54 Å². The molecule has 0 fully saturated rings. The van der Waals surface area contributed by atoms with Gasteiger partial charge in [-0.15, -0.1) is 0 Å². The highest BCUT2D eigenvalue weighted by Crippen LogP contribution is 2.39. The Hall–Kier alpha value is -4.78. The molecule has 0 bridgehead atoms. The molecule has 2 amide bonds. The van der Waals surface area contributed by atoms with Crippen LogP contribution < -0.4 is 10.1 Å². The Labute approximate surface area is 215 Å². The summed E-state index contributed by atoms with van der Waals surface area (Å²) in [6, 6.07) is 31.1. The summed E-state index contributed by atoms with van der Waals surface area (Å²) >= 11 is 0. The minimum absolute atomic E-state index is 0.181. The maximum Gasteiger partial charge on any atom is 0.322 e. The van der Waals surface area contributed by atoms with Gasteiger partial charge in [0.25, 0.3) is 0 Å². The van der Waals surface area contributed by atoms with Crippen LogP contribution in [0.15, 0.2) is 103 Å². The molecular formula is C30H27N5O2. The average molecular weight is 490 g/mol. The minimum Gasteiger partial charge on any atom is -0.497 e. The summed E-state index contributed by atoms with van der Waals surface area (Å²) in [5, 5.41) is 8.00. The van der Waals surface area contributed by atoms with E-state index in [1.807, 2.05) is 114 Å². The van der Waals surface area contributed by atoms with Gasteiger partial charge in [-0.05, 0) is 61.0 Å². The Morgan fingerprint density at radius 2 is 1.62 bits per heavy atom. The lowest BCUT2D eigenvalue weighted by Crippen LogP contribution is -2.38. The Morgan fingerprint density at radius 3 is 2.32 bits per heavy atom. The molecule has 0 radical (unpaired) electrons. The summed E-state index contributed by atoms with van der Waals surface area (Å²) in [7, 11) is 1.65. The summed E-state index contributed by atoms with van der Waals surface area (Å²) in [6.45, 7) is 2.40. The first kappa shape index (κ1) is 22.7. The summed E-state index contributed by atoms with van der Waals surface area (Å²) in [6.07, 6.45) is 2.05. The highest BCUT2D eigenvalue weighted by atomic mass is 16.5. The second kappa shape index (κ2) is 9.35. The summed E-state index contributed by atoms with van der Waals surface area (Å²) in [5.41, 5.74) is 5.56. The van der Waals surface area contributed by atoms with Crippen LogP contribution in [0, 0.1) is 6.92 Å². The molecular weight excluding hydrogens is 462 g/mol. The normalized spacial score (nSPS) is 14.4. The Bertz CT molecular complexity index is 1540. The van der Waals surface area contributed by atoms with Crippen molar-refractivity contribution < 1.29 is 9.53 Å². The van der Waals surface area contributed by atoms with Gasteiger partial charge >= 0.3 is 6.03 Å². The topological polar surface area (TPSA) is 64.3 Å². The summed E-state index contributed by atoms with van der Waals surface area (Å²) in [5.74, 6) is 1.71. The number of hydrogen-bond acceptors (Lipinski definition) is 3. The number of nitrogens with zero attached hydrogens (tertiary/aromatic N) is 4. The van der Waals surface area contributed by atoms with E-state index >= 15 is 0 Å². The highest BCUT2D eigenvalue weighted by Gasteiger charge is 2.36. The van der Waals surface area contributed by atoms with Crippen LogP contribution in [-0.2, 0) is 6.54 Å². The van der Waals surface area contributed by atoms with Crippen LogP contribution in [0.5, 0.6) is 5.75 Å². The smallest absolute Gasteiger partial charge is 0.322 e. The van der Waals surface area contributed by atoms with E-state index < -0.39 is 0 Å². The predicted molar refractivity (Wildman–Crippen MR) is 143 cm³/mol. The molecule has 0 saturated heterocycles. The Morgan fingerprint density at radius 1 is 0.919 bits per heavy atom. The van der Waals surface area contributed by atoms with Crippen molar-refractivity contribution in [3.63, 3.8) is 0 Å². The van der Waals surface area contributed by atoms with Gasteiger partial charge in [-0.25, -0.2) is 9.48 Å². The third-order valence-electron chi connectivity index (χ3n) is 6.80. The van der Waals surface area contributed by atoms with E-state index in [-0.39, 0.29) is 12.1 Å². The van der Waals surface area contributed by atoms with Crippen molar-refractivity contribution in [3.8, 4) is 17.3 Å². The molecule has 3 aromatic carbocycles. The monoisotopic (exact) mass is 489 g/mol. The third-order valence-corrected chi connectivity index (χ3v) is 6.80. The highest BCUT2D eigenvalue weighted by molar-refractivity contribution is 5.90. The molecule has 5 aromatic rings. The van der Waals surface area contributed by atoms with Crippen molar-refractivity contribution in [2.24, 2.45) is 0 Å². The molecule has 1 atom stereocenters. The number of hydrogen-bond donors (Lipinski definition) is 1. The van der Waals surface area contributed by atoms with E-state index in [2.05, 4.69) is 16.0 Å². The summed E-state index contributed by atoms with van der Waals surface area (Å²) < 4.78 is 9.53. The van der Waals surface area contributed by atoms with Crippen LogP contribution in [0.1, 0.15) is 28.6 Å². The van der Waals surface area contributed by atoms with E-state index in [4.69, 9.17) is 9.84 Å². The van der Waals surface area contributed by atoms with Crippen LogP contribution in [-0.4, -0.2) is 32.4 Å². The Kier molecular flexibility index (Phi) is 5.73. The molecule has 1 aliphatic rings. The number of benzene rings is 3. The number of anilines is 1. The number of carbonyl (C=O) groups is 1. The quantitative estimate of drug-likeness (QED) is 0.331. The number of methoxy groups -OCH3 is 1. The van der Waals surface area contributed by atoms with Gasteiger partial charge in [-0.1, -0.05) is 48.5 Å². The molecule has 0 spiro atoms. The van der Waals surface area contributed by atoms with Crippen LogP contribution >= 0.6 is 0 Å². The van der Waals surface area contributed by atoms with Crippen molar-refractivity contribution in [1.82, 2.24) is 19.2 Å². The molecule has 1 N–H and O–H groups in total. The van der Waals surface area contributed by atoms with Gasteiger partial charge < -0.3 is 19.5 Å². The maximum atomic E-state index is 13.9. The fourth-order valence-corrected chi connectivity index (χ4v) is 5.00. The number of carbonyl (C=O) groups excluding carboxylic acids is 1. The van der Waals surface area contributed by atoms with Gasteiger partial charge in [0.2, 0.25) is 0 Å². The number of aromatic nitrogens is 3. The second-order valence-electron chi connectivity index (χ2n) is 9.04. The van der Waals surface area contributed by atoms with Crippen molar-refractivity contribution >= 4 is 11.7 Å². The number of urea groups is 1. The van der Waals surface area contributed by atoms with Gasteiger partial charge in [0.15, 0.2) is 0 Å². The number of ether oxygens (including phenoxy) is 1. The SMILES string of the molecule is COc1ccc([C@@H]2c3cccn3-c3c(c(C)nn3-c3ccccc3)CN2C(=O)Nc2ccccc2)cc1. The number of fused-ring (bicyclic) bond motifs is 3. The van der Waals surface area contributed by atoms with Crippen LogP contribution in [0.25, 0.3) is 11.5 Å².